The van der Waals surface area contributed by atoms with E-state index in [1.54, 1.807) is 30.3 Å². The van der Waals surface area contributed by atoms with E-state index in [0.717, 1.165) is 24.8 Å². The summed E-state index contributed by atoms with van der Waals surface area (Å²) in [6, 6.07) is 6.70. The Morgan fingerprint density at radius 3 is 2.52 bits per heavy atom. The zero-order valence-electron chi connectivity index (χ0n) is 13.9. The van der Waals surface area contributed by atoms with Crippen LogP contribution in [0.25, 0.3) is 0 Å². The minimum Gasteiger partial charge on any atom is -0.466 e. The summed E-state index contributed by atoms with van der Waals surface area (Å²) in [5, 5.41) is 0. The van der Waals surface area contributed by atoms with E-state index in [2.05, 4.69) is 16.4 Å². The van der Waals surface area contributed by atoms with E-state index >= 15 is 0 Å². The second-order valence-electron chi connectivity index (χ2n) is 5.45. The lowest BCUT2D eigenvalue weighted by atomic mass is 10.0. The van der Waals surface area contributed by atoms with Gasteiger partial charge in [0.1, 0.15) is 0 Å². The highest BCUT2D eigenvalue weighted by Gasteiger charge is 2.15. The zero-order valence-corrected chi connectivity index (χ0v) is 14.7. The Balaban J connectivity index is 2.73. The molecular weight excluding hydrogens is 314 g/mol. The van der Waals surface area contributed by atoms with Crippen molar-refractivity contribution in [3.63, 3.8) is 0 Å². The number of methoxy groups -OCH3 is 1. The zero-order chi connectivity index (χ0) is 17.3. The predicted octanol–water partition coefficient (Wildman–Crippen LogP) is 2.81. The van der Waals surface area contributed by atoms with Crippen LogP contribution in [-0.4, -0.2) is 28.0 Å². The normalized spacial score (nSPS) is 13.2. The Bertz CT molecular complexity index is 620. The van der Waals surface area contributed by atoms with Crippen molar-refractivity contribution < 1.29 is 17.9 Å². The molecule has 0 spiro atoms. The first-order valence-corrected chi connectivity index (χ1v) is 9.20. The largest absolute Gasteiger partial charge is 0.466 e. The topological polar surface area (TPSA) is 72.5 Å². The molecule has 6 heteroatoms. The second-order valence-corrected chi connectivity index (χ2v) is 7.22. The summed E-state index contributed by atoms with van der Waals surface area (Å²) in [7, 11) is -2.23. The van der Waals surface area contributed by atoms with E-state index in [0.29, 0.717) is 0 Å². The molecule has 5 nitrogen and oxygen atoms in total. The van der Waals surface area contributed by atoms with Crippen LogP contribution in [0.2, 0.25) is 0 Å². The van der Waals surface area contributed by atoms with Gasteiger partial charge in [-0.2, -0.15) is 0 Å². The van der Waals surface area contributed by atoms with Gasteiger partial charge in [0.25, 0.3) is 0 Å². The van der Waals surface area contributed by atoms with Crippen molar-refractivity contribution in [2.75, 3.05) is 13.7 Å². The van der Waals surface area contributed by atoms with Crippen LogP contribution in [0.1, 0.15) is 31.7 Å². The van der Waals surface area contributed by atoms with Gasteiger partial charge in [-0.25, -0.2) is 17.9 Å². The number of carbonyl (C=O) groups is 1. The number of hydrogen-bond acceptors (Lipinski definition) is 4. The van der Waals surface area contributed by atoms with Gasteiger partial charge in [0.15, 0.2) is 0 Å². The Hall–Kier alpha value is -1.66. The van der Waals surface area contributed by atoms with Crippen LogP contribution >= 0.6 is 0 Å². The molecule has 0 aliphatic heterocycles. The van der Waals surface area contributed by atoms with E-state index in [1.807, 2.05) is 6.92 Å². The van der Waals surface area contributed by atoms with Crippen molar-refractivity contribution in [3.8, 4) is 0 Å². The molecule has 0 unspecified atom stereocenters. The maximum absolute atomic E-state index is 12.3. The summed E-state index contributed by atoms with van der Waals surface area (Å²) in [4.78, 5) is 11.4. The quantitative estimate of drug-likeness (QED) is 0.555. The van der Waals surface area contributed by atoms with Gasteiger partial charge in [0, 0.05) is 12.6 Å². The number of nitrogens with one attached hydrogen (secondary N) is 1. The van der Waals surface area contributed by atoms with E-state index in [9.17, 15) is 13.2 Å². The highest BCUT2D eigenvalue weighted by atomic mass is 32.2. The van der Waals surface area contributed by atoms with Crippen LogP contribution in [-0.2, 0) is 19.6 Å². The van der Waals surface area contributed by atoms with Crippen LogP contribution in [0.3, 0.4) is 0 Å². The van der Waals surface area contributed by atoms with Crippen LogP contribution < -0.4 is 4.72 Å². The van der Waals surface area contributed by atoms with Gasteiger partial charge in [0.2, 0.25) is 10.0 Å². The summed E-state index contributed by atoms with van der Waals surface area (Å²) in [5.41, 5.74) is 1.01. The first-order valence-electron chi connectivity index (χ1n) is 7.71. The molecular formula is C17H25NO4S. The van der Waals surface area contributed by atoms with Crippen molar-refractivity contribution >= 4 is 16.0 Å². The third-order valence-corrected chi connectivity index (χ3v) is 4.94. The van der Waals surface area contributed by atoms with E-state index in [4.69, 9.17) is 0 Å². The summed E-state index contributed by atoms with van der Waals surface area (Å²) in [6.07, 6.45) is 5.83. The monoisotopic (exact) mass is 339 g/mol. The molecule has 0 amide bonds. The molecule has 1 aromatic carbocycles. The SMILES string of the molecule is CCCC[C@H](/C=C\C(=O)OC)CNS(=O)(=O)c1ccc(C)cc1. The van der Waals surface area contributed by atoms with Crippen molar-refractivity contribution in [2.45, 2.75) is 38.0 Å². The lowest BCUT2D eigenvalue weighted by Gasteiger charge is -2.14. The maximum atomic E-state index is 12.3. The maximum Gasteiger partial charge on any atom is 0.330 e. The third-order valence-electron chi connectivity index (χ3n) is 3.50. The van der Waals surface area contributed by atoms with Crippen LogP contribution in [0, 0.1) is 12.8 Å². The van der Waals surface area contributed by atoms with Gasteiger partial charge in [0.05, 0.1) is 12.0 Å². The van der Waals surface area contributed by atoms with Gasteiger partial charge in [-0.1, -0.05) is 43.5 Å². The molecule has 0 heterocycles. The van der Waals surface area contributed by atoms with E-state index in [1.165, 1.54) is 13.2 Å². The molecule has 23 heavy (non-hydrogen) atoms. The molecule has 0 aliphatic carbocycles. The fourth-order valence-electron chi connectivity index (χ4n) is 2.03. The van der Waals surface area contributed by atoms with Crippen LogP contribution in [0.15, 0.2) is 41.3 Å². The highest BCUT2D eigenvalue weighted by molar-refractivity contribution is 7.89. The summed E-state index contributed by atoms with van der Waals surface area (Å²) in [5.74, 6) is -0.484. The van der Waals surface area contributed by atoms with Gasteiger partial charge in [-0.15, -0.1) is 0 Å². The standard InChI is InChI=1S/C17H25NO4S/c1-4-5-6-15(9-12-17(19)22-3)13-18-23(20,21)16-10-7-14(2)8-11-16/h7-12,15,18H,4-6,13H2,1-3H3/b12-9-/t15-/m1/s1. The molecule has 128 valence electrons. The Morgan fingerprint density at radius 2 is 1.96 bits per heavy atom. The van der Waals surface area contributed by atoms with Crippen molar-refractivity contribution in [1.82, 2.24) is 4.72 Å². The molecule has 1 atom stereocenters. The minimum absolute atomic E-state index is 0.0470. The molecule has 0 aliphatic rings. The second kappa shape index (κ2) is 9.47. The fourth-order valence-corrected chi connectivity index (χ4v) is 3.13. The third kappa shape index (κ3) is 6.97. The Kier molecular flexibility index (Phi) is 7.98. The molecule has 1 aromatic rings. The molecule has 0 aromatic heterocycles. The van der Waals surface area contributed by atoms with Gasteiger partial charge in [-0.3, -0.25) is 0 Å². The lowest BCUT2D eigenvalue weighted by molar-refractivity contribution is -0.134. The van der Waals surface area contributed by atoms with Crippen LogP contribution in [0.4, 0.5) is 0 Å². The number of benzene rings is 1. The minimum atomic E-state index is -3.54. The average Bonchev–Trinajstić information content (AvgIpc) is 2.54. The van der Waals surface area contributed by atoms with Crippen LogP contribution in [0.5, 0.6) is 0 Å². The number of carbonyl (C=O) groups excluding carboxylic acids is 1. The number of ether oxygens (including phenoxy) is 1. The summed E-state index contributed by atoms with van der Waals surface area (Å²) < 4.78 is 31.8. The lowest BCUT2D eigenvalue weighted by Crippen LogP contribution is -2.29. The molecule has 1 rings (SSSR count). The number of unbranched alkanes of at least 4 members (excludes halogenated alkanes) is 1. The molecule has 0 fully saturated rings. The number of hydrogen-bond donors (Lipinski definition) is 1. The number of sulfonamides is 1. The predicted molar refractivity (Wildman–Crippen MR) is 90.5 cm³/mol. The Morgan fingerprint density at radius 1 is 1.30 bits per heavy atom. The Labute approximate surface area is 138 Å². The van der Waals surface area contributed by atoms with Crippen molar-refractivity contribution in [3.05, 3.63) is 42.0 Å². The van der Waals surface area contributed by atoms with Crippen molar-refractivity contribution in [1.29, 1.82) is 0 Å². The molecule has 0 bridgehead atoms. The number of aryl methyl sites for hydroxylation is 1. The molecule has 0 radical (unpaired) electrons. The molecule has 0 saturated heterocycles. The van der Waals surface area contributed by atoms with E-state index < -0.39 is 16.0 Å². The molecule has 1 N–H and O–H groups in total. The first kappa shape index (κ1) is 19.4. The van der Waals surface area contributed by atoms with Gasteiger partial charge in [-0.05, 0) is 31.4 Å². The smallest absolute Gasteiger partial charge is 0.330 e. The average molecular weight is 339 g/mol. The number of rotatable bonds is 9. The molecule has 0 saturated carbocycles. The van der Waals surface area contributed by atoms with Gasteiger partial charge < -0.3 is 4.74 Å². The summed E-state index contributed by atoms with van der Waals surface area (Å²) in [6.45, 7) is 4.23. The van der Waals surface area contributed by atoms with Gasteiger partial charge >= 0.3 is 5.97 Å². The first-order chi connectivity index (χ1) is 10.9. The highest BCUT2D eigenvalue weighted by Crippen LogP contribution is 2.13. The number of esters is 1. The van der Waals surface area contributed by atoms with Crippen molar-refractivity contribution in [2.24, 2.45) is 5.92 Å². The summed E-state index contributed by atoms with van der Waals surface area (Å²) >= 11 is 0. The fraction of sp³-hybridized carbons (Fsp3) is 0.471. The van der Waals surface area contributed by atoms with E-state index in [-0.39, 0.29) is 17.4 Å².